The third-order valence-corrected chi connectivity index (χ3v) is 3.93. The molecule has 5 heteroatoms. The Morgan fingerprint density at radius 2 is 2.00 bits per heavy atom. The zero-order chi connectivity index (χ0) is 14.9. The molecular weight excluding hydrogens is 367 g/mol. The first kappa shape index (κ1) is 14.9. The van der Waals surface area contributed by atoms with E-state index in [0.29, 0.717) is 15.0 Å². The molecular formula is C15H15IN2O2. The first-order chi connectivity index (χ1) is 9.40. The maximum Gasteiger partial charge on any atom is 0.267 e. The minimum Gasteiger partial charge on any atom is -0.292 e. The summed E-state index contributed by atoms with van der Waals surface area (Å²) in [6, 6.07) is 5.69. The molecule has 0 unspecified atom stereocenters. The van der Waals surface area contributed by atoms with Crippen molar-refractivity contribution in [1.82, 2.24) is 9.55 Å². The van der Waals surface area contributed by atoms with Crippen LogP contribution in [0.15, 0.2) is 29.2 Å². The quantitative estimate of drug-likeness (QED) is 0.606. The fourth-order valence-corrected chi connectivity index (χ4v) is 2.52. The molecule has 0 saturated carbocycles. The number of hydrogen-bond acceptors (Lipinski definition) is 3. The Kier molecular flexibility index (Phi) is 4.37. The van der Waals surface area contributed by atoms with E-state index >= 15 is 0 Å². The number of nitrogens with zero attached hydrogens (tertiary/aromatic N) is 2. The summed E-state index contributed by atoms with van der Waals surface area (Å²) in [6.07, 6.45) is 1.52. The summed E-state index contributed by atoms with van der Waals surface area (Å²) in [6.45, 7) is 5.65. The van der Waals surface area contributed by atoms with Crippen LogP contribution in [0.3, 0.4) is 0 Å². The van der Waals surface area contributed by atoms with Gasteiger partial charge in [0.25, 0.3) is 5.56 Å². The Morgan fingerprint density at radius 3 is 2.65 bits per heavy atom. The van der Waals surface area contributed by atoms with Crippen LogP contribution in [0.5, 0.6) is 0 Å². The summed E-state index contributed by atoms with van der Waals surface area (Å²) in [7, 11) is 0. The largest absolute Gasteiger partial charge is 0.292 e. The fourth-order valence-electron chi connectivity index (χ4n) is 2.09. The van der Waals surface area contributed by atoms with Gasteiger partial charge in [-0.1, -0.05) is 23.8 Å². The van der Waals surface area contributed by atoms with E-state index < -0.39 is 0 Å². The average Bonchev–Trinajstić information content (AvgIpc) is 2.39. The van der Waals surface area contributed by atoms with Crippen molar-refractivity contribution < 1.29 is 4.79 Å². The number of aromatic nitrogens is 2. The standard InChI is InChI=1S/C15H15IN2O2/c1-9-4-5-12(10(2)6-9)14(19)8-18-11(3)17-7-13(16)15(18)20/h4-7H,8H2,1-3H3. The summed E-state index contributed by atoms with van der Waals surface area (Å²) >= 11 is 1.93. The van der Waals surface area contributed by atoms with E-state index in [-0.39, 0.29) is 17.9 Å². The normalized spacial score (nSPS) is 10.6. The van der Waals surface area contributed by atoms with Gasteiger partial charge in [0.15, 0.2) is 5.78 Å². The average molecular weight is 382 g/mol. The topological polar surface area (TPSA) is 52.0 Å². The van der Waals surface area contributed by atoms with Crippen molar-refractivity contribution in [2.75, 3.05) is 0 Å². The van der Waals surface area contributed by atoms with E-state index in [2.05, 4.69) is 4.98 Å². The van der Waals surface area contributed by atoms with Gasteiger partial charge in [-0.2, -0.15) is 0 Å². The second-order valence-electron chi connectivity index (χ2n) is 4.79. The predicted molar refractivity (Wildman–Crippen MR) is 86.2 cm³/mol. The molecule has 2 rings (SSSR count). The highest BCUT2D eigenvalue weighted by molar-refractivity contribution is 14.1. The maximum absolute atomic E-state index is 12.4. The molecule has 20 heavy (non-hydrogen) atoms. The molecule has 0 aliphatic rings. The van der Waals surface area contributed by atoms with E-state index in [1.807, 2.05) is 54.6 Å². The van der Waals surface area contributed by atoms with Gasteiger partial charge in [0.05, 0.1) is 10.1 Å². The predicted octanol–water partition coefficient (Wildman–Crippen LogP) is 2.66. The third kappa shape index (κ3) is 2.98. The van der Waals surface area contributed by atoms with Gasteiger partial charge in [-0.05, 0) is 48.9 Å². The first-order valence-electron chi connectivity index (χ1n) is 6.22. The van der Waals surface area contributed by atoms with Gasteiger partial charge in [0.1, 0.15) is 5.82 Å². The van der Waals surface area contributed by atoms with Gasteiger partial charge in [0, 0.05) is 11.8 Å². The van der Waals surface area contributed by atoms with E-state index in [9.17, 15) is 9.59 Å². The van der Waals surface area contributed by atoms with E-state index in [0.717, 1.165) is 11.1 Å². The van der Waals surface area contributed by atoms with Crippen LogP contribution in [0.25, 0.3) is 0 Å². The number of carbonyl (C=O) groups excluding carboxylic acids is 1. The maximum atomic E-state index is 12.4. The van der Waals surface area contributed by atoms with Gasteiger partial charge in [0.2, 0.25) is 0 Å². The SMILES string of the molecule is Cc1ccc(C(=O)Cn2c(C)ncc(I)c2=O)c(C)c1. The minimum atomic E-state index is -0.170. The van der Waals surface area contributed by atoms with Gasteiger partial charge in [-0.25, -0.2) is 4.98 Å². The lowest BCUT2D eigenvalue weighted by atomic mass is 10.0. The molecule has 0 spiro atoms. The molecule has 0 atom stereocenters. The molecule has 0 N–H and O–H groups in total. The van der Waals surface area contributed by atoms with Crippen LogP contribution in [-0.2, 0) is 6.54 Å². The van der Waals surface area contributed by atoms with Crippen LogP contribution >= 0.6 is 22.6 Å². The number of Topliss-reactive ketones (excluding diaryl/α,β-unsaturated/α-hetero) is 1. The molecule has 1 heterocycles. The molecule has 0 amide bonds. The smallest absolute Gasteiger partial charge is 0.267 e. The molecule has 104 valence electrons. The van der Waals surface area contributed by atoms with Gasteiger partial charge in [-0.15, -0.1) is 0 Å². The van der Waals surface area contributed by atoms with Crippen LogP contribution in [0.2, 0.25) is 0 Å². The summed E-state index contributed by atoms with van der Waals surface area (Å²) in [5, 5.41) is 0. The first-order valence-corrected chi connectivity index (χ1v) is 7.30. The van der Waals surface area contributed by atoms with Crippen LogP contribution in [0.1, 0.15) is 27.3 Å². The van der Waals surface area contributed by atoms with Crippen LogP contribution < -0.4 is 5.56 Å². The van der Waals surface area contributed by atoms with Crippen LogP contribution in [0.4, 0.5) is 0 Å². The lowest BCUT2D eigenvalue weighted by Crippen LogP contribution is -2.29. The lowest BCUT2D eigenvalue weighted by molar-refractivity contribution is 0.0968. The number of aryl methyl sites for hydroxylation is 3. The number of halogens is 1. The van der Waals surface area contributed by atoms with Crippen molar-refractivity contribution in [3.05, 3.63) is 60.8 Å². The molecule has 0 aliphatic heterocycles. The van der Waals surface area contributed by atoms with Gasteiger partial charge >= 0.3 is 0 Å². The van der Waals surface area contributed by atoms with Gasteiger partial charge in [-0.3, -0.25) is 14.2 Å². The van der Waals surface area contributed by atoms with Crippen LogP contribution in [0, 0.1) is 24.3 Å². The third-order valence-electron chi connectivity index (χ3n) is 3.19. The molecule has 0 saturated heterocycles. The van der Waals surface area contributed by atoms with Crippen molar-refractivity contribution in [3.8, 4) is 0 Å². The van der Waals surface area contributed by atoms with Crippen molar-refractivity contribution in [1.29, 1.82) is 0 Å². The summed E-state index contributed by atoms with van der Waals surface area (Å²) < 4.78 is 1.94. The second-order valence-corrected chi connectivity index (χ2v) is 5.95. The molecule has 0 radical (unpaired) electrons. The molecule has 0 bridgehead atoms. The van der Waals surface area contributed by atoms with Crippen molar-refractivity contribution in [3.63, 3.8) is 0 Å². The highest BCUT2D eigenvalue weighted by Crippen LogP contribution is 2.12. The Hall–Kier alpha value is -1.50. The number of carbonyl (C=O) groups is 1. The number of rotatable bonds is 3. The number of hydrogen-bond donors (Lipinski definition) is 0. The van der Waals surface area contributed by atoms with Crippen molar-refractivity contribution in [2.45, 2.75) is 27.3 Å². The van der Waals surface area contributed by atoms with E-state index in [4.69, 9.17) is 0 Å². The van der Waals surface area contributed by atoms with Crippen LogP contribution in [-0.4, -0.2) is 15.3 Å². The monoisotopic (exact) mass is 382 g/mol. The van der Waals surface area contributed by atoms with E-state index in [1.54, 1.807) is 6.92 Å². The Labute approximate surface area is 131 Å². The lowest BCUT2D eigenvalue weighted by Gasteiger charge is -2.10. The molecule has 4 nitrogen and oxygen atoms in total. The van der Waals surface area contributed by atoms with Crippen molar-refractivity contribution in [2.24, 2.45) is 0 Å². The Morgan fingerprint density at radius 1 is 1.30 bits per heavy atom. The Balaban J connectivity index is 2.38. The minimum absolute atomic E-state index is 0.0262. The molecule has 0 fully saturated rings. The zero-order valence-electron chi connectivity index (χ0n) is 11.6. The zero-order valence-corrected chi connectivity index (χ0v) is 13.8. The summed E-state index contributed by atoms with van der Waals surface area (Å²) in [4.78, 5) is 28.6. The second kappa shape index (κ2) is 5.87. The fraction of sp³-hybridized carbons (Fsp3) is 0.267. The Bertz CT molecular complexity index is 735. The summed E-state index contributed by atoms with van der Waals surface area (Å²) in [5.74, 6) is 0.477. The molecule has 0 aliphatic carbocycles. The number of ketones is 1. The highest BCUT2D eigenvalue weighted by atomic mass is 127. The molecule has 1 aromatic carbocycles. The summed E-state index contributed by atoms with van der Waals surface area (Å²) in [5.41, 5.74) is 2.53. The van der Waals surface area contributed by atoms with Crippen molar-refractivity contribution >= 4 is 28.4 Å². The molecule has 1 aromatic heterocycles. The van der Waals surface area contributed by atoms with Gasteiger partial charge < -0.3 is 0 Å². The number of benzene rings is 1. The van der Waals surface area contributed by atoms with E-state index in [1.165, 1.54) is 10.8 Å². The highest BCUT2D eigenvalue weighted by Gasteiger charge is 2.13. The molecule has 2 aromatic rings.